The Bertz CT molecular complexity index is 812. The van der Waals surface area contributed by atoms with Crippen LogP contribution in [0.25, 0.3) is 10.9 Å². The molecular formula is C19H19FN2O2. The smallest absolute Gasteiger partial charge is 0.223 e. The molecule has 3 rings (SSSR count). The van der Waals surface area contributed by atoms with Gasteiger partial charge >= 0.3 is 0 Å². The molecule has 0 fully saturated rings. The van der Waals surface area contributed by atoms with E-state index in [-0.39, 0.29) is 24.8 Å². The van der Waals surface area contributed by atoms with Crippen LogP contribution in [-0.2, 0) is 11.2 Å². The first-order valence-corrected chi connectivity index (χ1v) is 7.92. The molecule has 0 radical (unpaired) electrons. The zero-order valence-corrected chi connectivity index (χ0v) is 13.2. The molecule has 1 heterocycles. The van der Waals surface area contributed by atoms with Gasteiger partial charge in [0, 0.05) is 23.6 Å². The zero-order chi connectivity index (χ0) is 16.8. The van der Waals surface area contributed by atoms with Crippen molar-refractivity contribution in [2.75, 3.05) is 13.2 Å². The Morgan fingerprint density at radius 2 is 1.92 bits per heavy atom. The molecule has 3 aromatic rings. The van der Waals surface area contributed by atoms with E-state index in [1.54, 1.807) is 12.1 Å². The predicted molar refractivity (Wildman–Crippen MR) is 91.5 cm³/mol. The summed E-state index contributed by atoms with van der Waals surface area (Å²) in [6.07, 6.45) is 3.02. The highest BCUT2D eigenvalue weighted by atomic mass is 19.1. The summed E-state index contributed by atoms with van der Waals surface area (Å²) in [6.45, 7) is 0.849. The lowest BCUT2D eigenvalue weighted by Gasteiger charge is -2.07. The fraction of sp³-hybridized carbons (Fsp3) is 0.211. The molecule has 0 bridgehead atoms. The summed E-state index contributed by atoms with van der Waals surface area (Å²) in [5.41, 5.74) is 2.29. The van der Waals surface area contributed by atoms with E-state index in [0.29, 0.717) is 12.3 Å². The number of aromatic amines is 1. The SMILES string of the molecule is O=C(CCOc1ccc(F)cc1)NCCc1c[nH]c2ccccc12. The van der Waals surface area contributed by atoms with Gasteiger partial charge in [-0.3, -0.25) is 4.79 Å². The van der Waals surface area contributed by atoms with E-state index in [0.717, 1.165) is 11.9 Å². The van der Waals surface area contributed by atoms with Gasteiger partial charge in [-0.15, -0.1) is 0 Å². The average Bonchev–Trinajstić information content (AvgIpc) is 3.00. The number of halogens is 1. The van der Waals surface area contributed by atoms with Crippen LogP contribution in [0.2, 0.25) is 0 Å². The number of H-pyrrole nitrogens is 1. The summed E-state index contributed by atoms with van der Waals surface area (Å²) < 4.78 is 18.2. The van der Waals surface area contributed by atoms with Gasteiger partial charge in [0.1, 0.15) is 11.6 Å². The van der Waals surface area contributed by atoms with Crippen molar-refractivity contribution in [3.05, 3.63) is 66.1 Å². The molecule has 0 unspecified atom stereocenters. The fourth-order valence-electron chi connectivity index (χ4n) is 2.56. The Labute approximate surface area is 139 Å². The van der Waals surface area contributed by atoms with Crippen LogP contribution >= 0.6 is 0 Å². The average molecular weight is 326 g/mol. The number of ether oxygens (including phenoxy) is 1. The summed E-state index contributed by atoms with van der Waals surface area (Å²) >= 11 is 0. The Balaban J connectivity index is 1.39. The number of aromatic nitrogens is 1. The highest BCUT2D eigenvalue weighted by Gasteiger charge is 2.05. The number of rotatable bonds is 7. The predicted octanol–water partition coefficient (Wildman–Crippen LogP) is 3.43. The Kier molecular flexibility index (Phi) is 5.11. The summed E-state index contributed by atoms with van der Waals surface area (Å²) in [4.78, 5) is 15.0. The van der Waals surface area contributed by atoms with Gasteiger partial charge in [0.15, 0.2) is 0 Å². The number of carbonyl (C=O) groups excluding carboxylic acids is 1. The van der Waals surface area contributed by atoms with Crippen LogP contribution in [-0.4, -0.2) is 24.0 Å². The maximum absolute atomic E-state index is 12.8. The maximum Gasteiger partial charge on any atom is 0.223 e. The first kappa shape index (κ1) is 16.1. The standard InChI is InChI=1S/C19H19FN2O2/c20-15-5-7-16(8-6-15)24-12-10-19(23)21-11-9-14-13-22-18-4-2-1-3-17(14)18/h1-8,13,22H,9-12H2,(H,21,23). The van der Waals surface area contributed by atoms with Crippen molar-refractivity contribution in [1.82, 2.24) is 10.3 Å². The van der Waals surface area contributed by atoms with Crippen molar-refractivity contribution >= 4 is 16.8 Å². The van der Waals surface area contributed by atoms with Crippen molar-refractivity contribution in [2.24, 2.45) is 0 Å². The third kappa shape index (κ3) is 4.13. The van der Waals surface area contributed by atoms with E-state index in [1.807, 2.05) is 24.4 Å². The number of hydrogen-bond acceptors (Lipinski definition) is 2. The van der Waals surface area contributed by atoms with Gasteiger partial charge in [0.2, 0.25) is 5.91 Å². The number of carbonyl (C=O) groups is 1. The molecule has 1 aromatic heterocycles. The molecule has 2 aromatic carbocycles. The molecule has 4 nitrogen and oxygen atoms in total. The van der Waals surface area contributed by atoms with Gasteiger partial charge in [0.25, 0.3) is 0 Å². The van der Waals surface area contributed by atoms with Crippen molar-refractivity contribution in [3.63, 3.8) is 0 Å². The first-order chi connectivity index (χ1) is 11.7. The second-order valence-corrected chi connectivity index (χ2v) is 5.51. The minimum atomic E-state index is -0.308. The Hall–Kier alpha value is -2.82. The molecule has 0 saturated heterocycles. The first-order valence-electron chi connectivity index (χ1n) is 7.92. The molecule has 0 aliphatic heterocycles. The van der Waals surface area contributed by atoms with Crippen LogP contribution in [0.15, 0.2) is 54.7 Å². The molecule has 124 valence electrons. The molecule has 0 saturated carbocycles. The second-order valence-electron chi connectivity index (χ2n) is 5.51. The van der Waals surface area contributed by atoms with E-state index in [9.17, 15) is 9.18 Å². The van der Waals surface area contributed by atoms with E-state index < -0.39 is 0 Å². The molecule has 0 aliphatic carbocycles. The lowest BCUT2D eigenvalue weighted by molar-refractivity contribution is -0.121. The number of fused-ring (bicyclic) bond motifs is 1. The topological polar surface area (TPSA) is 54.1 Å². The third-order valence-electron chi connectivity index (χ3n) is 3.80. The van der Waals surface area contributed by atoms with Crippen molar-refractivity contribution in [2.45, 2.75) is 12.8 Å². The minimum absolute atomic E-state index is 0.0584. The largest absolute Gasteiger partial charge is 0.493 e. The van der Waals surface area contributed by atoms with Crippen LogP contribution in [0, 0.1) is 5.82 Å². The van der Waals surface area contributed by atoms with Crippen molar-refractivity contribution < 1.29 is 13.9 Å². The van der Waals surface area contributed by atoms with Crippen LogP contribution in [0.3, 0.4) is 0 Å². The summed E-state index contributed by atoms with van der Waals surface area (Å²) in [5, 5.41) is 4.07. The van der Waals surface area contributed by atoms with Crippen LogP contribution in [0.5, 0.6) is 5.75 Å². The minimum Gasteiger partial charge on any atom is -0.493 e. The molecule has 5 heteroatoms. The molecule has 2 N–H and O–H groups in total. The number of nitrogens with one attached hydrogen (secondary N) is 2. The molecule has 0 spiro atoms. The molecular weight excluding hydrogens is 307 g/mol. The van der Waals surface area contributed by atoms with Crippen molar-refractivity contribution in [3.8, 4) is 5.75 Å². The van der Waals surface area contributed by atoms with Crippen molar-refractivity contribution in [1.29, 1.82) is 0 Å². The van der Waals surface area contributed by atoms with E-state index >= 15 is 0 Å². The quantitative estimate of drug-likeness (QED) is 0.699. The lowest BCUT2D eigenvalue weighted by Crippen LogP contribution is -2.27. The molecule has 1 amide bonds. The van der Waals surface area contributed by atoms with Gasteiger partial charge in [0.05, 0.1) is 13.0 Å². The van der Waals surface area contributed by atoms with E-state index in [1.165, 1.54) is 23.1 Å². The Morgan fingerprint density at radius 1 is 1.12 bits per heavy atom. The number of amides is 1. The van der Waals surface area contributed by atoms with Gasteiger partial charge in [-0.2, -0.15) is 0 Å². The zero-order valence-electron chi connectivity index (χ0n) is 13.2. The number of hydrogen-bond donors (Lipinski definition) is 2. The second kappa shape index (κ2) is 7.64. The van der Waals surface area contributed by atoms with Crippen LogP contribution in [0.4, 0.5) is 4.39 Å². The van der Waals surface area contributed by atoms with Crippen LogP contribution in [0.1, 0.15) is 12.0 Å². The molecule has 0 atom stereocenters. The van der Waals surface area contributed by atoms with Gasteiger partial charge in [-0.1, -0.05) is 18.2 Å². The summed E-state index contributed by atoms with van der Waals surface area (Å²) in [5.74, 6) is 0.192. The van der Waals surface area contributed by atoms with Gasteiger partial charge in [-0.25, -0.2) is 4.39 Å². The molecule has 0 aliphatic rings. The lowest BCUT2D eigenvalue weighted by atomic mass is 10.1. The summed E-state index contributed by atoms with van der Waals surface area (Å²) in [7, 11) is 0. The number of para-hydroxylation sites is 1. The van der Waals surface area contributed by atoms with E-state index in [4.69, 9.17) is 4.74 Å². The highest BCUT2D eigenvalue weighted by Crippen LogP contribution is 2.17. The number of benzene rings is 2. The normalized spacial score (nSPS) is 10.7. The molecule has 24 heavy (non-hydrogen) atoms. The van der Waals surface area contributed by atoms with Gasteiger partial charge < -0.3 is 15.0 Å². The van der Waals surface area contributed by atoms with E-state index in [2.05, 4.69) is 16.4 Å². The maximum atomic E-state index is 12.8. The highest BCUT2D eigenvalue weighted by molar-refractivity contribution is 5.83. The summed E-state index contributed by atoms with van der Waals surface area (Å²) in [6, 6.07) is 13.8. The fourth-order valence-corrected chi connectivity index (χ4v) is 2.56. The van der Waals surface area contributed by atoms with Crippen LogP contribution < -0.4 is 10.1 Å². The third-order valence-corrected chi connectivity index (χ3v) is 3.80. The Morgan fingerprint density at radius 3 is 2.75 bits per heavy atom. The monoisotopic (exact) mass is 326 g/mol. The van der Waals surface area contributed by atoms with Gasteiger partial charge in [-0.05, 0) is 42.3 Å².